The SMILES string of the molecule is OC(CCc1ccsc1)c1cncc2ccccc12. The molecule has 0 spiro atoms. The summed E-state index contributed by atoms with van der Waals surface area (Å²) in [4.78, 5) is 4.22. The molecule has 3 aromatic rings. The lowest BCUT2D eigenvalue weighted by atomic mass is 9.99. The van der Waals surface area contributed by atoms with Crippen molar-refractivity contribution in [2.24, 2.45) is 0 Å². The quantitative estimate of drug-likeness (QED) is 0.777. The summed E-state index contributed by atoms with van der Waals surface area (Å²) in [5.74, 6) is 0. The van der Waals surface area contributed by atoms with Gasteiger partial charge in [-0.15, -0.1) is 0 Å². The molecule has 96 valence electrons. The maximum atomic E-state index is 10.4. The second-order valence-electron chi connectivity index (χ2n) is 4.64. The minimum atomic E-state index is -0.460. The summed E-state index contributed by atoms with van der Waals surface area (Å²) < 4.78 is 0. The van der Waals surface area contributed by atoms with Crippen LogP contribution in [0, 0.1) is 0 Å². The smallest absolute Gasteiger partial charge is 0.0814 e. The first-order valence-electron chi connectivity index (χ1n) is 6.36. The molecule has 0 saturated carbocycles. The van der Waals surface area contributed by atoms with Gasteiger partial charge < -0.3 is 5.11 Å². The molecule has 1 aromatic carbocycles. The van der Waals surface area contributed by atoms with Crippen LogP contribution in [-0.2, 0) is 6.42 Å². The van der Waals surface area contributed by atoms with Gasteiger partial charge in [-0.3, -0.25) is 4.98 Å². The van der Waals surface area contributed by atoms with Crippen LogP contribution in [0.2, 0.25) is 0 Å². The van der Waals surface area contributed by atoms with Crippen molar-refractivity contribution in [3.63, 3.8) is 0 Å². The Labute approximate surface area is 116 Å². The van der Waals surface area contributed by atoms with Gasteiger partial charge in [-0.2, -0.15) is 11.3 Å². The molecule has 0 saturated heterocycles. The number of hydrogen-bond donors (Lipinski definition) is 1. The molecule has 2 aromatic heterocycles. The van der Waals surface area contributed by atoms with Crippen LogP contribution in [0.3, 0.4) is 0 Å². The molecule has 0 fully saturated rings. The lowest BCUT2D eigenvalue weighted by Gasteiger charge is -2.12. The van der Waals surface area contributed by atoms with Crippen LogP contribution in [0.15, 0.2) is 53.5 Å². The first-order valence-corrected chi connectivity index (χ1v) is 7.30. The summed E-state index contributed by atoms with van der Waals surface area (Å²) >= 11 is 1.70. The lowest BCUT2D eigenvalue weighted by Crippen LogP contribution is -2.01. The number of aliphatic hydroxyl groups excluding tert-OH is 1. The minimum Gasteiger partial charge on any atom is -0.388 e. The molecule has 0 amide bonds. The molecule has 19 heavy (non-hydrogen) atoms. The third-order valence-corrected chi connectivity index (χ3v) is 4.08. The Morgan fingerprint density at radius 2 is 2.05 bits per heavy atom. The molecule has 0 radical (unpaired) electrons. The highest BCUT2D eigenvalue weighted by Gasteiger charge is 2.11. The number of pyridine rings is 1. The van der Waals surface area contributed by atoms with E-state index in [1.54, 1.807) is 17.5 Å². The van der Waals surface area contributed by atoms with Gasteiger partial charge in [0.2, 0.25) is 0 Å². The third kappa shape index (κ3) is 2.67. The Bertz CT molecular complexity index is 658. The standard InChI is InChI=1S/C16H15NOS/c18-16(6-5-12-7-8-19-11-12)15-10-17-9-13-3-1-2-4-14(13)15/h1-4,7-11,16,18H,5-6H2. The van der Waals surface area contributed by atoms with Crippen molar-refractivity contribution in [2.75, 3.05) is 0 Å². The maximum absolute atomic E-state index is 10.4. The maximum Gasteiger partial charge on any atom is 0.0814 e. The molecule has 0 aliphatic heterocycles. The molecule has 1 N–H and O–H groups in total. The lowest BCUT2D eigenvalue weighted by molar-refractivity contribution is 0.169. The summed E-state index contributed by atoms with van der Waals surface area (Å²) in [7, 11) is 0. The molecular weight excluding hydrogens is 254 g/mol. The molecule has 1 unspecified atom stereocenters. The number of benzene rings is 1. The predicted octanol–water partition coefficient (Wildman–Crippen LogP) is 3.96. The average molecular weight is 269 g/mol. The molecule has 1 atom stereocenters. The summed E-state index contributed by atoms with van der Waals surface area (Å²) in [6.07, 6.45) is 4.78. The van der Waals surface area contributed by atoms with Crippen molar-refractivity contribution in [2.45, 2.75) is 18.9 Å². The Kier molecular flexibility index (Phi) is 3.58. The van der Waals surface area contributed by atoms with Gasteiger partial charge in [0.05, 0.1) is 6.10 Å². The highest BCUT2D eigenvalue weighted by Crippen LogP contribution is 2.26. The monoisotopic (exact) mass is 269 g/mol. The van der Waals surface area contributed by atoms with Crippen LogP contribution in [-0.4, -0.2) is 10.1 Å². The number of thiophene rings is 1. The second-order valence-corrected chi connectivity index (χ2v) is 5.42. The number of fused-ring (bicyclic) bond motifs is 1. The van der Waals surface area contributed by atoms with Crippen molar-refractivity contribution in [1.82, 2.24) is 4.98 Å². The zero-order valence-electron chi connectivity index (χ0n) is 10.5. The van der Waals surface area contributed by atoms with Crippen LogP contribution >= 0.6 is 11.3 Å². The van der Waals surface area contributed by atoms with Crippen LogP contribution in [0.25, 0.3) is 10.8 Å². The molecule has 3 rings (SSSR count). The number of aliphatic hydroxyl groups is 1. The van der Waals surface area contributed by atoms with E-state index in [4.69, 9.17) is 0 Å². The van der Waals surface area contributed by atoms with Gasteiger partial charge in [-0.25, -0.2) is 0 Å². The van der Waals surface area contributed by atoms with Crippen molar-refractivity contribution in [1.29, 1.82) is 0 Å². The Hall–Kier alpha value is -1.71. The number of aromatic nitrogens is 1. The van der Waals surface area contributed by atoms with Crippen molar-refractivity contribution in [3.05, 3.63) is 64.6 Å². The summed E-state index contributed by atoms with van der Waals surface area (Å²) in [5, 5.41) is 16.8. The Morgan fingerprint density at radius 1 is 1.16 bits per heavy atom. The second kappa shape index (κ2) is 5.51. The number of aryl methyl sites for hydroxylation is 1. The minimum absolute atomic E-state index is 0.460. The van der Waals surface area contributed by atoms with Gasteiger partial charge in [-0.05, 0) is 40.6 Å². The van der Waals surface area contributed by atoms with Gasteiger partial charge in [0.1, 0.15) is 0 Å². The Balaban J connectivity index is 1.83. The highest BCUT2D eigenvalue weighted by molar-refractivity contribution is 7.07. The van der Waals surface area contributed by atoms with E-state index in [1.165, 1.54) is 5.56 Å². The first-order chi connectivity index (χ1) is 9.34. The highest BCUT2D eigenvalue weighted by atomic mass is 32.1. The molecule has 2 nitrogen and oxygen atoms in total. The van der Waals surface area contributed by atoms with E-state index >= 15 is 0 Å². The van der Waals surface area contributed by atoms with Gasteiger partial charge in [0, 0.05) is 23.3 Å². The fraction of sp³-hybridized carbons (Fsp3) is 0.188. The van der Waals surface area contributed by atoms with E-state index in [0.717, 1.165) is 29.2 Å². The van der Waals surface area contributed by atoms with E-state index in [1.807, 2.05) is 30.5 Å². The summed E-state index contributed by atoms with van der Waals surface area (Å²) in [5.41, 5.74) is 2.21. The van der Waals surface area contributed by atoms with E-state index in [0.29, 0.717) is 0 Å². The number of rotatable bonds is 4. The van der Waals surface area contributed by atoms with Gasteiger partial charge in [0.25, 0.3) is 0 Å². The molecule has 3 heteroatoms. The predicted molar refractivity (Wildman–Crippen MR) is 79.3 cm³/mol. The fourth-order valence-corrected chi connectivity index (χ4v) is 3.00. The largest absolute Gasteiger partial charge is 0.388 e. The van der Waals surface area contributed by atoms with Crippen molar-refractivity contribution < 1.29 is 5.11 Å². The van der Waals surface area contributed by atoms with Crippen molar-refractivity contribution in [3.8, 4) is 0 Å². The molecule has 2 heterocycles. The topological polar surface area (TPSA) is 33.1 Å². The van der Waals surface area contributed by atoms with Crippen LogP contribution in [0.5, 0.6) is 0 Å². The number of nitrogens with zero attached hydrogens (tertiary/aromatic N) is 1. The van der Waals surface area contributed by atoms with Crippen LogP contribution < -0.4 is 0 Å². The van der Waals surface area contributed by atoms with E-state index in [-0.39, 0.29) is 0 Å². The van der Waals surface area contributed by atoms with E-state index < -0.39 is 6.10 Å². The molecule has 0 aliphatic rings. The number of hydrogen-bond acceptors (Lipinski definition) is 3. The fourth-order valence-electron chi connectivity index (χ4n) is 2.30. The average Bonchev–Trinajstić information content (AvgIpc) is 2.97. The summed E-state index contributed by atoms with van der Waals surface area (Å²) in [6.45, 7) is 0. The molecular formula is C16H15NOS. The zero-order chi connectivity index (χ0) is 13.1. The van der Waals surface area contributed by atoms with Crippen molar-refractivity contribution >= 4 is 22.1 Å². The summed E-state index contributed by atoms with van der Waals surface area (Å²) in [6, 6.07) is 10.2. The first kappa shape index (κ1) is 12.3. The van der Waals surface area contributed by atoms with E-state index in [2.05, 4.69) is 21.8 Å². The normalized spacial score (nSPS) is 12.7. The molecule has 0 aliphatic carbocycles. The van der Waals surface area contributed by atoms with E-state index in [9.17, 15) is 5.11 Å². The van der Waals surface area contributed by atoms with Gasteiger partial charge in [0.15, 0.2) is 0 Å². The third-order valence-electron chi connectivity index (χ3n) is 3.34. The van der Waals surface area contributed by atoms with Gasteiger partial charge in [-0.1, -0.05) is 24.3 Å². The molecule has 0 bridgehead atoms. The van der Waals surface area contributed by atoms with Gasteiger partial charge >= 0.3 is 0 Å². The van der Waals surface area contributed by atoms with Crippen LogP contribution in [0.1, 0.15) is 23.7 Å². The zero-order valence-corrected chi connectivity index (χ0v) is 11.3. The van der Waals surface area contributed by atoms with Crippen LogP contribution in [0.4, 0.5) is 0 Å². The Morgan fingerprint density at radius 3 is 2.89 bits per heavy atom.